The van der Waals surface area contributed by atoms with Crippen molar-refractivity contribution in [2.45, 2.75) is 32.2 Å². The molecule has 0 radical (unpaired) electrons. The lowest BCUT2D eigenvalue weighted by Gasteiger charge is -2.16. The maximum Gasteiger partial charge on any atom is 0.269 e. The van der Waals surface area contributed by atoms with Crippen LogP contribution in [0.1, 0.15) is 35.7 Å². The number of nitrogens with one attached hydrogen (secondary N) is 1. The molecule has 0 spiro atoms. The summed E-state index contributed by atoms with van der Waals surface area (Å²) >= 11 is 0. The first kappa shape index (κ1) is 19.3. The van der Waals surface area contributed by atoms with Gasteiger partial charge in [0.25, 0.3) is 5.69 Å². The quantitative estimate of drug-likeness (QED) is 0.474. The number of carbonyl (C=O) groups excluding carboxylic acids is 1. The number of benzene rings is 2. The van der Waals surface area contributed by atoms with Gasteiger partial charge in [-0.2, -0.15) is 0 Å². The van der Waals surface area contributed by atoms with Crippen LogP contribution >= 0.6 is 0 Å². The monoisotopic (exact) mass is 379 g/mol. The second-order valence-corrected chi connectivity index (χ2v) is 6.44. The highest BCUT2D eigenvalue weighted by molar-refractivity contribution is 5.78. The predicted octanol–water partition coefficient (Wildman–Crippen LogP) is 3.79. The minimum atomic E-state index is -0.460. The Morgan fingerprint density at radius 3 is 2.46 bits per heavy atom. The van der Waals surface area contributed by atoms with Gasteiger partial charge in [-0.3, -0.25) is 14.9 Å². The van der Waals surface area contributed by atoms with Crippen molar-refractivity contribution in [1.29, 1.82) is 0 Å². The van der Waals surface area contributed by atoms with Crippen LogP contribution in [0.25, 0.3) is 0 Å². The first-order valence-electron chi connectivity index (χ1n) is 9.06. The third kappa shape index (κ3) is 5.03. The third-order valence-electron chi connectivity index (χ3n) is 4.36. The fourth-order valence-corrected chi connectivity index (χ4v) is 2.86. The number of nitro benzene ring substituents is 1. The molecule has 3 aromatic rings. The number of hydrogen-bond donors (Lipinski definition) is 1. The van der Waals surface area contributed by atoms with Crippen LogP contribution in [0.4, 0.5) is 5.69 Å². The van der Waals surface area contributed by atoms with E-state index in [0.717, 1.165) is 23.2 Å². The minimum Gasteiger partial charge on any atom is -0.446 e. The molecule has 28 heavy (non-hydrogen) atoms. The molecule has 3 rings (SSSR count). The Balaban J connectivity index is 1.76. The maximum atomic E-state index is 12.5. The van der Waals surface area contributed by atoms with Gasteiger partial charge < -0.3 is 9.73 Å². The van der Waals surface area contributed by atoms with Crippen molar-refractivity contribution >= 4 is 11.6 Å². The highest BCUT2D eigenvalue weighted by Crippen LogP contribution is 2.21. The van der Waals surface area contributed by atoms with Gasteiger partial charge in [-0.1, -0.05) is 49.4 Å². The van der Waals surface area contributed by atoms with Gasteiger partial charge in [0.2, 0.25) is 11.8 Å². The van der Waals surface area contributed by atoms with Gasteiger partial charge in [0, 0.05) is 18.6 Å². The Morgan fingerprint density at radius 2 is 1.86 bits per heavy atom. The van der Waals surface area contributed by atoms with Crippen LogP contribution in [-0.2, 0) is 24.1 Å². The molecule has 7 nitrogen and oxygen atoms in total. The fourth-order valence-electron chi connectivity index (χ4n) is 2.86. The summed E-state index contributed by atoms with van der Waals surface area (Å²) in [6.45, 7) is 1.97. The van der Waals surface area contributed by atoms with Crippen LogP contribution in [-0.4, -0.2) is 15.8 Å². The van der Waals surface area contributed by atoms with Crippen LogP contribution in [0, 0.1) is 10.1 Å². The lowest BCUT2D eigenvalue weighted by molar-refractivity contribution is -0.384. The van der Waals surface area contributed by atoms with E-state index in [1.165, 1.54) is 12.1 Å². The number of aryl methyl sites for hydroxylation is 1. The zero-order chi connectivity index (χ0) is 19.9. The number of carbonyl (C=O) groups is 1. The molecule has 0 bridgehead atoms. The SMILES string of the molecule is CCc1coc(C(Cc2ccc([N+](=O)[O-])cc2)NC(=O)Cc2ccccc2)n1. The Labute approximate surface area is 162 Å². The van der Waals surface area contributed by atoms with Crippen molar-refractivity contribution in [1.82, 2.24) is 10.3 Å². The molecule has 1 amide bonds. The average molecular weight is 379 g/mol. The van der Waals surface area contributed by atoms with E-state index in [1.54, 1.807) is 18.4 Å². The van der Waals surface area contributed by atoms with Gasteiger partial charge in [0.1, 0.15) is 12.3 Å². The van der Waals surface area contributed by atoms with E-state index in [4.69, 9.17) is 4.42 Å². The Kier molecular flexibility index (Phi) is 6.16. The number of oxazole rings is 1. The van der Waals surface area contributed by atoms with Crippen molar-refractivity contribution in [2.24, 2.45) is 0 Å². The normalized spacial score (nSPS) is 11.8. The molecule has 1 aromatic heterocycles. The van der Waals surface area contributed by atoms with E-state index in [9.17, 15) is 14.9 Å². The number of aromatic nitrogens is 1. The Hall–Kier alpha value is -3.48. The van der Waals surface area contributed by atoms with Gasteiger partial charge in [-0.25, -0.2) is 4.98 Å². The second-order valence-electron chi connectivity index (χ2n) is 6.44. The maximum absolute atomic E-state index is 12.5. The largest absolute Gasteiger partial charge is 0.446 e. The van der Waals surface area contributed by atoms with Crippen LogP contribution in [0.15, 0.2) is 65.3 Å². The van der Waals surface area contributed by atoms with Gasteiger partial charge in [-0.05, 0) is 17.5 Å². The van der Waals surface area contributed by atoms with E-state index >= 15 is 0 Å². The fraction of sp³-hybridized carbons (Fsp3) is 0.238. The number of amides is 1. The summed E-state index contributed by atoms with van der Waals surface area (Å²) < 4.78 is 5.57. The number of rotatable bonds is 8. The van der Waals surface area contributed by atoms with Crippen LogP contribution in [0.3, 0.4) is 0 Å². The summed E-state index contributed by atoms with van der Waals surface area (Å²) in [5, 5.41) is 13.8. The summed E-state index contributed by atoms with van der Waals surface area (Å²) in [6, 6.07) is 15.3. The summed E-state index contributed by atoms with van der Waals surface area (Å²) in [5.41, 5.74) is 2.58. The third-order valence-corrected chi connectivity index (χ3v) is 4.36. The highest BCUT2D eigenvalue weighted by atomic mass is 16.6. The zero-order valence-corrected chi connectivity index (χ0v) is 15.5. The molecule has 0 saturated carbocycles. The average Bonchev–Trinajstić information content (AvgIpc) is 3.18. The van der Waals surface area contributed by atoms with Crippen molar-refractivity contribution < 1.29 is 14.1 Å². The zero-order valence-electron chi connectivity index (χ0n) is 15.5. The molecular formula is C21H21N3O4. The van der Waals surface area contributed by atoms with Gasteiger partial charge in [0.15, 0.2) is 0 Å². The van der Waals surface area contributed by atoms with Crippen LogP contribution < -0.4 is 5.32 Å². The van der Waals surface area contributed by atoms with Crippen LogP contribution in [0.5, 0.6) is 0 Å². The molecule has 0 fully saturated rings. The van der Waals surface area contributed by atoms with Gasteiger partial charge >= 0.3 is 0 Å². The summed E-state index contributed by atoms with van der Waals surface area (Å²) in [7, 11) is 0. The predicted molar refractivity (Wildman–Crippen MR) is 104 cm³/mol. The van der Waals surface area contributed by atoms with E-state index in [0.29, 0.717) is 12.3 Å². The number of nitrogens with zero attached hydrogens (tertiary/aromatic N) is 2. The molecule has 0 aliphatic heterocycles. The summed E-state index contributed by atoms with van der Waals surface area (Å²) in [5.74, 6) is 0.283. The first-order chi connectivity index (χ1) is 13.5. The number of non-ortho nitro benzene ring substituents is 1. The molecule has 1 N–H and O–H groups in total. The molecule has 1 unspecified atom stereocenters. The number of hydrogen-bond acceptors (Lipinski definition) is 5. The molecule has 7 heteroatoms. The Bertz CT molecular complexity index is 936. The van der Waals surface area contributed by atoms with Crippen molar-refractivity contribution in [2.75, 3.05) is 0 Å². The second kappa shape index (κ2) is 8.94. The first-order valence-corrected chi connectivity index (χ1v) is 9.06. The van der Waals surface area contributed by atoms with E-state index < -0.39 is 11.0 Å². The minimum absolute atomic E-state index is 0.0257. The smallest absolute Gasteiger partial charge is 0.269 e. The molecular weight excluding hydrogens is 358 g/mol. The molecule has 2 aromatic carbocycles. The van der Waals surface area contributed by atoms with Crippen molar-refractivity contribution in [3.05, 3.63) is 93.7 Å². The molecule has 144 valence electrons. The molecule has 1 atom stereocenters. The molecule has 0 aliphatic rings. The molecule has 1 heterocycles. The van der Waals surface area contributed by atoms with Crippen LogP contribution in [0.2, 0.25) is 0 Å². The van der Waals surface area contributed by atoms with Crippen molar-refractivity contribution in [3.63, 3.8) is 0 Å². The van der Waals surface area contributed by atoms with Crippen molar-refractivity contribution in [3.8, 4) is 0 Å². The molecule has 0 saturated heterocycles. The van der Waals surface area contributed by atoms with E-state index in [2.05, 4.69) is 10.3 Å². The summed E-state index contributed by atoms with van der Waals surface area (Å²) in [4.78, 5) is 27.4. The lowest BCUT2D eigenvalue weighted by atomic mass is 10.0. The van der Waals surface area contributed by atoms with Gasteiger partial charge in [0.05, 0.1) is 17.0 Å². The van der Waals surface area contributed by atoms with E-state index in [-0.39, 0.29) is 18.0 Å². The molecule has 0 aliphatic carbocycles. The van der Waals surface area contributed by atoms with E-state index in [1.807, 2.05) is 37.3 Å². The standard InChI is InChI=1S/C21H21N3O4/c1-2-17-14-28-21(22-17)19(12-16-8-10-18(11-9-16)24(26)27)23-20(25)13-15-6-4-3-5-7-15/h3-11,14,19H,2,12-13H2,1H3,(H,23,25). The summed E-state index contributed by atoms with van der Waals surface area (Å²) in [6.07, 6.45) is 2.98. The Morgan fingerprint density at radius 1 is 1.14 bits per heavy atom. The number of nitro groups is 1. The lowest BCUT2D eigenvalue weighted by Crippen LogP contribution is -2.31. The highest BCUT2D eigenvalue weighted by Gasteiger charge is 2.21. The van der Waals surface area contributed by atoms with Gasteiger partial charge in [-0.15, -0.1) is 0 Å². The topological polar surface area (TPSA) is 98.3 Å².